The number of carbonyl (C=O) groups excluding carboxylic acids is 2. The van der Waals surface area contributed by atoms with Crippen LogP contribution in [0.25, 0.3) is 98.6 Å². The highest BCUT2D eigenvalue weighted by Crippen LogP contribution is 2.56. The lowest BCUT2D eigenvalue weighted by molar-refractivity contribution is 0.103. The van der Waals surface area contributed by atoms with Crippen LogP contribution in [0.2, 0.25) is 10.0 Å². The molecular formula is C98H106Cl2F4N6O2S7. The normalized spacial score (nSPS) is 14.4. The number of aromatic nitrogens is 2. The smallest absolute Gasteiger partial charge is 0.270 e. The van der Waals surface area contributed by atoms with Crippen LogP contribution in [0, 0.1) is 75.7 Å². The molecule has 119 heavy (non-hydrogen) atoms. The van der Waals surface area contributed by atoms with Crippen molar-refractivity contribution in [1.82, 2.24) is 9.97 Å². The Balaban J connectivity index is 1.07. The van der Waals surface area contributed by atoms with E-state index < -0.39 is 34.8 Å². The number of fused-ring (bicyclic) bond motifs is 5. The number of hydrogen-bond donors (Lipinski definition) is 0. The van der Waals surface area contributed by atoms with Crippen LogP contribution in [0.5, 0.6) is 0 Å². The number of hydrogen-bond acceptors (Lipinski definition) is 14. The summed E-state index contributed by atoms with van der Waals surface area (Å²) in [7, 11) is 0. The number of halogens is 6. The van der Waals surface area contributed by atoms with Crippen LogP contribution in [-0.2, 0) is 25.7 Å². The van der Waals surface area contributed by atoms with Crippen molar-refractivity contribution in [2.45, 2.75) is 286 Å². The van der Waals surface area contributed by atoms with E-state index in [-0.39, 0.29) is 55.8 Å². The van der Waals surface area contributed by atoms with Crippen molar-refractivity contribution in [3.8, 4) is 58.9 Å². The summed E-state index contributed by atoms with van der Waals surface area (Å²) in [4.78, 5) is 54.2. The zero-order valence-corrected chi connectivity index (χ0v) is 76.7. The molecule has 0 saturated heterocycles. The van der Waals surface area contributed by atoms with Gasteiger partial charge in [0.05, 0.1) is 42.2 Å². The summed E-state index contributed by atoms with van der Waals surface area (Å²) in [6.45, 7) is 21.6. The fourth-order valence-electron chi connectivity index (χ4n) is 17.0. The van der Waals surface area contributed by atoms with Gasteiger partial charge in [0.2, 0.25) is 0 Å². The van der Waals surface area contributed by atoms with Gasteiger partial charge in [0.25, 0.3) is 5.70 Å². The van der Waals surface area contributed by atoms with Crippen molar-refractivity contribution >= 4 is 167 Å². The minimum absolute atomic E-state index is 0.00668. The minimum Gasteiger partial charge on any atom is -0.289 e. The molecule has 8 heterocycles. The van der Waals surface area contributed by atoms with Crippen molar-refractivity contribution in [2.24, 2.45) is 11.8 Å². The lowest BCUT2D eigenvalue weighted by Gasteiger charge is -2.16. The van der Waals surface area contributed by atoms with E-state index in [1.165, 1.54) is 138 Å². The first-order valence-electron chi connectivity index (χ1n) is 43.5. The highest BCUT2D eigenvalue weighted by atomic mass is 35.5. The Morgan fingerprint density at radius 3 is 1.16 bits per heavy atom. The molecule has 624 valence electrons. The van der Waals surface area contributed by atoms with Gasteiger partial charge in [-0.15, -0.1) is 79.4 Å². The van der Waals surface area contributed by atoms with E-state index >= 15 is 17.6 Å². The van der Waals surface area contributed by atoms with Crippen LogP contribution in [0.1, 0.15) is 322 Å². The number of unbranched alkanes of at least 4 members (excludes halogenated alkanes) is 24. The second-order valence-electron chi connectivity index (χ2n) is 32.2. The number of aryl methyl sites for hydroxylation is 2. The van der Waals surface area contributed by atoms with Crippen LogP contribution < -0.4 is 0 Å². The zero-order chi connectivity index (χ0) is 84.2. The van der Waals surface area contributed by atoms with Crippen molar-refractivity contribution in [2.75, 3.05) is 0 Å². The lowest BCUT2D eigenvalue weighted by Crippen LogP contribution is -2.04. The quantitative estimate of drug-likeness (QED) is 0.0122. The average Bonchev–Trinajstić information content (AvgIpc) is 1.58. The second kappa shape index (κ2) is 44.2. The Bertz CT molecular complexity index is 5260. The Hall–Kier alpha value is -7.24. The summed E-state index contributed by atoms with van der Waals surface area (Å²) in [5.74, 6) is -5.02. The predicted octanol–water partition coefficient (Wildman–Crippen LogP) is 34.2. The van der Waals surface area contributed by atoms with Crippen LogP contribution >= 0.6 is 103 Å². The van der Waals surface area contributed by atoms with Crippen molar-refractivity contribution in [3.05, 3.63) is 169 Å². The maximum Gasteiger partial charge on any atom is 0.270 e. The van der Waals surface area contributed by atoms with Gasteiger partial charge >= 0.3 is 0 Å². The molecule has 8 nitrogen and oxygen atoms in total. The third-order valence-electron chi connectivity index (χ3n) is 23.5. The SMILES string of the molecule is [C-]#[N+]/C(C#N)=C1/C(=C/c2sc3cc(-c4sc(-c5cc6sc(/C=C7\C(=O)c8cc(F)c(F)cc8C7=C(C#N)C#N)c(CCCCCCCCCCC)c6s5)c5nc(-c6cc(Cl)c(CC(CCCC)CCCCCC)s6)c(-c6cc(Cl)c(CC(CCCC)CCCCCC)s6)nc45)sc3c2CCCCCCCCCCC)C(=O)c2cc(F)c(F)cc21. The third kappa shape index (κ3) is 21.5. The van der Waals surface area contributed by atoms with Crippen molar-refractivity contribution < 1.29 is 27.2 Å². The molecule has 0 radical (unpaired) electrons. The number of ketones is 2. The van der Waals surface area contributed by atoms with E-state index in [9.17, 15) is 25.4 Å². The van der Waals surface area contributed by atoms with Crippen LogP contribution in [0.15, 0.2) is 70.9 Å². The maximum absolute atomic E-state index is 15.2. The molecule has 0 fully saturated rings. The molecule has 0 saturated carbocycles. The Morgan fingerprint density at radius 2 is 0.782 bits per heavy atom. The minimum atomic E-state index is -1.20. The van der Waals surface area contributed by atoms with Crippen LogP contribution in [0.4, 0.5) is 17.6 Å². The molecule has 21 heteroatoms. The second-order valence-corrected chi connectivity index (χ2v) is 40.6. The van der Waals surface area contributed by atoms with Gasteiger partial charge in [0, 0.05) is 81.5 Å². The topological polar surface area (TPSA) is 136 Å². The van der Waals surface area contributed by atoms with Gasteiger partial charge in [0.15, 0.2) is 34.8 Å². The van der Waals surface area contributed by atoms with Gasteiger partial charge in [-0.1, -0.05) is 270 Å². The molecule has 2 aliphatic carbocycles. The summed E-state index contributed by atoms with van der Waals surface area (Å²) in [5, 5.41) is 32.7. The number of thiophene rings is 7. The number of nitrogens with zero attached hydrogens (tertiary/aromatic N) is 6. The van der Waals surface area contributed by atoms with Crippen molar-refractivity contribution in [1.29, 1.82) is 15.8 Å². The summed E-state index contributed by atoms with van der Waals surface area (Å²) in [6.07, 6.45) is 45.0. The molecule has 8 aromatic heterocycles. The lowest BCUT2D eigenvalue weighted by atomic mass is 9.92. The van der Waals surface area contributed by atoms with Gasteiger partial charge in [-0.05, 0) is 133 Å². The number of benzene rings is 2. The van der Waals surface area contributed by atoms with E-state index in [0.717, 1.165) is 229 Å². The summed E-state index contributed by atoms with van der Waals surface area (Å²) in [5.41, 5.74) is 3.96. The molecule has 2 unspecified atom stereocenters. The van der Waals surface area contributed by atoms with Gasteiger partial charge in [-0.3, -0.25) is 9.59 Å². The van der Waals surface area contributed by atoms with E-state index in [1.54, 1.807) is 68.8 Å². The first-order chi connectivity index (χ1) is 57.9. The van der Waals surface area contributed by atoms with E-state index in [2.05, 4.69) is 70.7 Å². The van der Waals surface area contributed by atoms with Gasteiger partial charge in [-0.25, -0.2) is 37.6 Å². The Kier molecular flexibility index (Phi) is 33.8. The molecule has 2 aliphatic rings. The fraction of sp³-hybridized carbons (Fsp3) is 0.469. The number of rotatable bonds is 46. The molecule has 2 atom stereocenters. The number of nitriles is 3. The van der Waals surface area contributed by atoms with Gasteiger partial charge < -0.3 is 0 Å². The standard InChI is InChI=1S/C98H106Cl2F4N6O2S7/c1-8-14-20-24-26-28-30-32-36-42-62-77(50-68-87(61(56-105)57-106)64-46-72(101)74(103)48-66(64)93(68)111)113-83-54-85(117-95(62)83)97-91-92(110-90(82-53-71(100)80(116-82)45-60(39-19-13-6)41-35-23-17-11-4)89(109-91)81-52-70(99)79(115-81)44-59(38-18-12-5)40-34-22-16-10-3)98(119-97)86-55-84-96(118-86)63(43-37-33-31-29-27-25-21-15-9-2)78(114-84)51-69-88(76(58-107)108-7)65-47-73(102)75(104)49-67(65)94(69)112/h46-55,59-60H,8-45H2,1-6H3/b68-50-,69-51-,88-76+. The molecule has 0 aliphatic heterocycles. The summed E-state index contributed by atoms with van der Waals surface area (Å²) < 4.78 is 64.6. The van der Waals surface area contributed by atoms with Crippen LogP contribution in [0.3, 0.4) is 0 Å². The third-order valence-corrected chi connectivity index (χ3v) is 33.1. The zero-order valence-electron chi connectivity index (χ0n) is 69.4. The highest BCUT2D eigenvalue weighted by Gasteiger charge is 2.38. The first-order valence-corrected chi connectivity index (χ1v) is 50.0. The van der Waals surface area contributed by atoms with Crippen LogP contribution in [-0.4, -0.2) is 21.5 Å². The number of allylic oxidation sites excluding steroid dienone is 6. The molecule has 0 bridgehead atoms. The summed E-state index contributed by atoms with van der Waals surface area (Å²) in [6, 6.07) is 18.0. The van der Waals surface area contributed by atoms with Gasteiger partial charge in [0.1, 0.15) is 40.1 Å². The molecule has 0 spiro atoms. The number of carbonyl (C=O) groups is 2. The summed E-state index contributed by atoms with van der Waals surface area (Å²) >= 11 is 26.6. The Morgan fingerprint density at radius 1 is 0.429 bits per heavy atom. The van der Waals surface area contributed by atoms with Crippen molar-refractivity contribution in [3.63, 3.8) is 0 Å². The molecule has 2 aromatic carbocycles. The largest absolute Gasteiger partial charge is 0.289 e. The molecule has 10 aromatic rings. The molecule has 0 amide bonds. The first kappa shape index (κ1) is 91.0. The Labute approximate surface area is 738 Å². The predicted molar refractivity (Wildman–Crippen MR) is 499 cm³/mol. The van der Waals surface area contributed by atoms with E-state index in [1.807, 2.05) is 18.2 Å². The van der Waals surface area contributed by atoms with E-state index in [0.29, 0.717) is 47.1 Å². The molecule has 0 N–H and O–H groups in total. The molecule has 12 rings (SSSR count). The molecular weight excluding hydrogens is 1660 g/mol. The fourth-order valence-corrected chi connectivity index (χ4v) is 26.7. The van der Waals surface area contributed by atoms with E-state index in [4.69, 9.17) is 39.7 Å². The maximum atomic E-state index is 15.2. The van der Waals surface area contributed by atoms with Gasteiger partial charge in [-0.2, -0.15) is 10.5 Å². The monoisotopic (exact) mass is 1770 g/mol. The highest BCUT2D eigenvalue weighted by molar-refractivity contribution is 7.35. The number of Topliss-reactive ketones (excluding diaryl/α,β-unsaturated/α-hetero) is 2. The average molecular weight is 1770 g/mol.